The molecule has 0 saturated heterocycles. The van der Waals surface area contributed by atoms with Crippen LogP contribution in [0.2, 0.25) is 0 Å². The molecule has 1 aliphatic rings. The number of methoxy groups -OCH3 is 1. The zero-order valence-corrected chi connectivity index (χ0v) is 16.8. The highest BCUT2D eigenvalue weighted by atomic mass is 16.5. The van der Waals surface area contributed by atoms with Gasteiger partial charge in [-0.2, -0.15) is 0 Å². The van der Waals surface area contributed by atoms with Gasteiger partial charge < -0.3 is 9.64 Å². The SMILES string of the molecule is COc1ccccc1N=Cc1ccc2c(c1)[C@@H](C)CC(C)(C)N2C(C)C. The molecule has 3 heteroatoms. The molecule has 0 aliphatic carbocycles. The van der Waals surface area contributed by atoms with E-state index in [2.05, 4.69) is 62.7 Å². The van der Waals surface area contributed by atoms with Crippen molar-refractivity contribution >= 4 is 17.6 Å². The second kappa shape index (κ2) is 7.14. The molecule has 0 spiro atoms. The second-order valence-electron chi connectivity index (χ2n) is 8.13. The molecule has 0 radical (unpaired) electrons. The molecule has 0 amide bonds. The van der Waals surface area contributed by atoms with Crippen LogP contribution in [0.25, 0.3) is 0 Å². The molecule has 0 aromatic heterocycles. The maximum atomic E-state index is 5.38. The van der Waals surface area contributed by atoms with Crippen molar-refractivity contribution in [1.82, 2.24) is 0 Å². The number of benzene rings is 2. The van der Waals surface area contributed by atoms with Crippen molar-refractivity contribution in [3.8, 4) is 5.75 Å². The van der Waals surface area contributed by atoms with Gasteiger partial charge in [-0.15, -0.1) is 0 Å². The van der Waals surface area contributed by atoms with Crippen LogP contribution in [0, 0.1) is 0 Å². The molecule has 26 heavy (non-hydrogen) atoms. The number of anilines is 1. The van der Waals surface area contributed by atoms with Gasteiger partial charge in [-0.3, -0.25) is 4.99 Å². The maximum Gasteiger partial charge on any atom is 0.144 e. The van der Waals surface area contributed by atoms with E-state index in [1.54, 1.807) is 7.11 Å². The van der Waals surface area contributed by atoms with Crippen LogP contribution in [0.3, 0.4) is 0 Å². The van der Waals surface area contributed by atoms with Crippen molar-refractivity contribution in [2.75, 3.05) is 12.0 Å². The Kier molecular flexibility index (Phi) is 5.08. The number of rotatable bonds is 4. The van der Waals surface area contributed by atoms with Gasteiger partial charge >= 0.3 is 0 Å². The largest absolute Gasteiger partial charge is 0.494 e. The number of fused-ring (bicyclic) bond motifs is 1. The monoisotopic (exact) mass is 350 g/mol. The minimum absolute atomic E-state index is 0.174. The first-order chi connectivity index (χ1) is 12.3. The van der Waals surface area contributed by atoms with E-state index in [4.69, 9.17) is 4.74 Å². The van der Waals surface area contributed by atoms with Crippen molar-refractivity contribution in [3.05, 3.63) is 53.6 Å². The van der Waals surface area contributed by atoms with Gasteiger partial charge in [0.1, 0.15) is 11.4 Å². The lowest BCUT2D eigenvalue weighted by Gasteiger charge is -2.50. The Balaban J connectivity index is 1.96. The summed E-state index contributed by atoms with van der Waals surface area (Å²) in [5.74, 6) is 1.33. The number of nitrogens with zero attached hydrogens (tertiary/aromatic N) is 2. The molecule has 2 aromatic rings. The van der Waals surface area contributed by atoms with Crippen LogP contribution in [0.4, 0.5) is 11.4 Å². The lowest BCUT2D eigenvalue weighted by molar-refractivity contribution is 0.356. The standard InChI is InChI=1S/C23H30N2O/c1-16(2)25-21-12-11-18(13-19(21)17(3)14-23(25,4)5)15-24-20-9-7-8-10-22(20)26-6/h7-13,15-17H,14H2,1-6H3/t17-/m0/s1. The summed E-state index contributed by atoms with van der Waals surface area (Å²) in [6.07, 6.45) is 3.09. The lowest BCUT2D eigenvalue weighted by Crippen LogP contribution is -2.51. The fraction of sp³-hybridized carbons (Fsp3) is 0.435. The van der Waals surface area contributed by atoms with E-state index in [-0.39, 0.29) is 5.54 Å². The first-order valence-electron chi connectivity index (χ1n) is 9.44. The van der Waals surface area contributed by atoms with Crippen molar-refractivity contribution in [2.45, 2.75) is 58.5 Å². The molecule has 1 heterocycles. The minimum atomic E-state index is 0.174. The molecule has 0 fully saturated rings. The third-order valence-electron chi connectivity index (χ3n) is 5.25. The van der Waals surface area contributed by atoms with Crippen molar-refractivity contribution in [2.24, 2.45) is 4.99 Å². The van der Waals surface area contributed by atoms with Crippen molar-refractivity contribution < 1.29 is 4.74 Å². The van der Waals surface area contributed by atoms with Crippen LogP contribution in [0.1, 0.15) is 58.1 Å². The molecule has 138 valence electrons. The third kappa shape index (κ3) is 3.48. The predicted octanol–water partition coefficient (Wildman–Crippen LogP) is 5.95. The van der Waals surface area contributed by atoms with Gasteiger partial charge in [0, 0.05) is 23.5 Å². The third-order valence-corrected chi connectivity index (χ3v) is 5.25. The number of para-hydroxylation sites is 2. The summed E-state index contributed by atoms with van der Waals surface area (Å²) >= 11 is 0. The summed E-state index contributed by atoms with van der Waals surface area (Å²) in [7, 11) is 1.68. The highest BCUT2D eigenvalue weighted by Gasteiger charge is 2.37. The molecular formula is C23H30N2O. The molecule has 0 N–H and O–H groups in total. The molecule has 3 rings (SSSR count). The lowest BCUT2D eigenvalue weighted by atomic mass is 9.79. The summed E-state index contributed by atoms with van der Waals surface area (Å²) in [4.78, 5) is 7.20. The van der Waals surface area contributed by atoms with E-state index in [0.29, 0.717) is 12.0 Å². The quantitative estimate of drug-likeness (QED) is 0.637. The fourth-order valence-electron chi connectivity index (χ4n) is 4.41. The maximum absolute atomic E-state index is 5.38. The molecule has 1 atom stereocenters. The summed E-state index contributed by atoms with van der Waals surface area (Å²) < 4.78 is 5.38. The van der Waals surface area contributed by atoms with Crippen LogP contribution in [0.5, 0.6) is 5.75 Å². The summed E-state index contributed by atoms with van der Waals surface area (Å²) in [5.41, 5.74) is 4.93. The molecule has 3 nitrogen and oxygen atoms in total. The van der Waals surface area contributed by atoms with E-state index in [1.807, 2.05) is 30.5 Å². The van der Waals surface area contributed by atoms with Crippen molar-refractivity contribution in [3.63, 3.8) is 0 Å². The summed E-state index contributed by atoms with van der Waals surface area (Å²) in [6.45, 7) is 11.6. The second-order valence-corrected chi connectivity index (χ2v) is 8.13. The van der Waals surface area contributed by atoms with Crippen molar-refractivity contribution in [1.29, 1.82) is 0 Å². The van der Waals surface area contributed by atoms with Gasteiger partial charge in [-0.1, -0.05) is 25.1 Å². The number of hydrogen-bond acceptors (Lipinski definition) is 3. The van der Waals surface area contributed by atoms with Gasteiger partial charge in [0.25, 0.3) is 0 Å². The summed E-state index contributed by atoms with van der Waals surface area (Å²) in [5, 5.41) is 0. The Morgan fingerprint density at radius 3 is 2.62 bits per heavy atom. The van der Waals surface area contributed by atoms with Gasteiger partial charge in [-0.05, 0) is 75.4 Å². The summed E-state index contributed by atoms with van der Waals surface area (Å²) in [6, 6.07) is 15.0. The Morgan fingerprint density at radius 1 is 1.19 bits per heavy atom. The topological polar surface area (TPSA) is 24.8 Å². The normalized spacial score (nSPS) is 19.0. The Bertz CT molecular complexity index is 808. The molecule has 0 unspecified atom stereocenters. The molecule has 1 aliphatic heterocycles. The smallest absolute Gasteiger partial charge is 0.144 e. The van der Waals surface area contributed by atoms with Gasteiger partial charge in [0.2, 0.25) is 0 Å². The highest BCUT2D eigenvalue weighted by molar-refractivity contribution is 5.84. The fourth-order valence-corrected chi connectivity index (χ4v) is 4.41. The van der Waals surface area contributed by atoms with E-state index in [9.17, 15) is 0 Å². The molecule has 0 bridgehead atoms. The number of hydrogen-bond donors (Lipinski definition) is 0. The van der Waals surface area contributed by atoms with Crippen LogP contribution in [-0.2, 0) is 0 Å². The van der Waals surface area contributed by atoms with E-state index in [0.717, 1.165) is 23.4 Å². The highest BCUT2D eigenvalue weighted by Crippen LogP contribution is 2.44. The Labute approximate surface area is 157 Å². The van der Waals surface area contributed by atoms with E-state index in [1.165, 1.54) is 11.3 Å². The van der Waals surface area contributed by atoms with Gasteiger partial charge in [0.05, 0.1) is 7.11 Å². The van der Waals surface area contributed by atoms with Gasteiger partial charge in [-0.25, -0.2) is 0 Å². The molecular weight excluding hydrogens is 320 g/mol. The van der Waals surface area contributed by atoms with E-state index >= 15 is 0 Å². The van der Waals surface area contributed by atoms with Crippen LogP contribution >= 0.6 is 0 Å². The van der Waals surface area contributed by atoms with Gasteiger partial charge in [0.15, 0.2) is 0 Å². The molecule has 2 aromatic carbocycles. The number of aliphatic imine (C=N–C) groups is 1. The minimum Gasteiger partial charge on any atom is -0.494 e. The van der Waals surface area contributed by atoms with Crippen LogP contribution in [0.15, 0.2) is 47.5 Å². The Morgan fingerprint density at radius 2 is 1.92 bits per heavy atom. The Hall–Kier alpha value is -2.29. The zero-order chi connectivity index (χ0) is 18.9. The number of ether oxygens (including phenoxy) is 1. The zero-order valence-electron chi connectivity index (χ0n) is 16.8. The average Bonchev–Trinajstić information content (AvgIpc) is 2.59. The predicted molar refractivity (Wildman–Crippen MR) is 111 cm³/mol. The molecule has 0 saturated carbocycles. The van der Waals surface area contributed by atoms with Crippen LogP contribution < -0.4 is 9.64 Å². The first kappa shape index (κ1) is 18.5. The first-order valence-corrected chi connectivity index (χ1v) is 9.44. The van der Waals surface area contributed by atoms with Crippen LogP contribution in [-0.4, -0.2) is 24.9 Å². The average molecular weight is 351 g/mol. The van der Waals surface area contributed by atoms with E-state index < -0.39 is 0 Å².